The van der Waals surface area contributed by atoms with Crippen LogP contribution < -0.4 is 4.74 Å². The summed E-state index contributed by atoms with van der Waals surface area (Å²) in [5.74, 6) is 0.813. The largest absolute Gasteiger partial charge is 0.491 e. The number of ether oxygens (including phenoxy) is 2. The molecule has 1 atom stereocenters. The molecule has 1 fully saturated rings. The van der Waals surface area contributed by atoms with Crippen molar-refractivity contribution >= 4 is 17.5 Å². The van der Waals surface area contributed by atoms with Crippen molar-refractivity contribution in [2.75, 3.05) is 46.5 Å². The van der Waals surface area contributed by atoms with E-state index in [1.807, 2.05) is 42.0 Å². The van der Waals surface area contributed by atoms with E-state index in [9.17, 15) is 4.79 Å². The van der Waals surface area contributed by atoms with Crippen LogP contribution in [0.15, 0.2) is 24.3 Å². The molecule has 5 nitrogen and oxygen atoms in total. The molecule has 0 saturated carbocycles. The monoisotopic (exact) mass is 326 g/mol. The normalized spacial score (nSPS) is 16.6. The Kier molecular flexibility index (Phi) is 6.49. The smallest absolute Gasteiger partial charge is 0.239 e. The Hall–Kier alpha value is -1.30. The van der Waals surface area contributed by atoms with Gasteiger partial charge in [0.25, 0.3) is 0 Å². The molecule has 1 aromatic carbocycles. The summed E-state index contributed by atoms with van der Waals surface area (Å²) in [6.07, 6.45) is 0. The van der Waals surface area contributed by atoms with Crippen LogP contribution in [-0.4, -0.2) is 68.3 Å². The molecule has 1 aromatic rings. The number of hydrogen-bond acceptors (Lipinski definition) is 4. The lowest BCUT2D eigenvalue weighted by Crippen LogP contribution is -2.50. The van der Waals surface area contributed by atoms with E-state index in [0.717, 1.165) is 0 Å². The fourth-order valence-corrected chi connectivity index (χ4v) is 2.48. The molecule has 1 heterocycles. The number of benzene rings is 1. The van der Waals surface area contributed by atoms with E-state index in [4.69, 9.17) is 21.1 Å². The van der Waals surface area contributed by atoms with Gasteiger partial charge in [-0.05, 0) is 26.1 Å². The first kappa shape index (κ1) is 17.1. The molecule has 22 heavy (non-hydrogen) atoms. The molecule has 1 aliphatic heterocycles. The number of likely N-dealkylation sites (N-methyl/N-ethyl adjacent to an activating group) is 1. The van der Waals surface area contributed by atoms with Crippen LogP contribution in [0.25, 0.3) is 0 Å². The zero-order valence-electron chi connectivity index (χ0n) is 13.1. The second-order valence-corrected chi connectivity index (χ2v) is 5.78. The maximum absolute atomic E-state index is 12.4. The van der Waals surface area contributed by atoms with E-state index < -0.39 is 0 Å². The first-order chi connectivity index (χ1) is 10.6. The van der Waals surface area contributed by atoms with Gasteiger partial charge in [0.15, 0.2) is 0 Å². The number of hydrogen-bond donors (Lipinski definition) is 0. The summed E-state index contributed by atoms with van der Waals surface area (Å²) in [6.45, 7) is 5.66. The first-order valence-electron chi connectivity index (χ1n) is 7.53. The van der Waals surface area contributed by atoms with Crippen molar-refractivity contribution in [2.45, 2.75) is 13.0 Å². The van der Waals surface area contributed by atoms with Gasteiger partial charge in [-0.3, -0.25) is 9.69 Å². The van der Waals surface area contributed by atoms with Gasteiger partial charge in [0.05, 0.1) is 24.3 Å². The molecule has 0 unspecified atom stereocenters. The minimum Gasteiger partial charge on any atom is -0.491 e. The van der Waals surface area contributed by atoms with E-state index in [1.165, 1.54) is 0 Å². The van der Waals surface area contributed by atoms with Gasteiger partial charge >= 0.3 is 0 Å². The molecule has 122 valence electrons. The van der Waals surface area contributed by atoms with Crippen molar-refractivity contribution in [1.29, 1.82) is 0 Å². The number of amides is 1. The number of para-hydroxylation sites is 1. The summed E-state index contributed by atoms with van der Waals surface area (Å²) in [5, 5.41) is 0.600. The predicted molar refractivity (Wildman–Crippen MR) is 86.4 cm³/mol. The van der Waals surface area contributed by atoms with Crippen LogP contribution in [0, 0.1) is 0 Å². The standard InChI is InChI=1S/C16H23ClN2O3/c1-13(16(20)19-8-10-21-11-9-19)18(2)7-12-22-15-6-4-3-5-14(15)17/h3-6,13H,7-12H2,1-2H3/t13-/m0/s1. The number of carbonyl (C=O) groups excluding carboxylic acids is 1. The van der Waals surface area contributed by atoms with Crippen LogP contribution in [0.2, 0.25) is 5.02 Å². The van der Waals surface area contributed by atoms with Crippen LogP contribution in [0.4, 0.5) is 0 Å². The van der Waals surface area contributed by atoms with E-state index in [0.29, 0.717) is 50.2 Å². The third-order valence-corrected chi connectivity index (χ3v) is 4.19. The summed E-state index contributed by atoms with van der Waals surface area (Å²) in [4.78, 5) is 16.2. The lowest BCUT2D eigenvalue weighted by molar-refractivity contribution is -0.140. The number of nitrogens with zero attached hydrogens (tertiary/aromatic N) is 2. The Morgan fingerprint density at radius 1 is 1.41 bits per heavy atom. The second-order valence-electron chi connectivity index (χ2n) is 5.37. The maximum Gasteiger partial charge on any atom is 0.239 e. The lowest BCUT2D eigenvalue weighted by atomic mass is 10.2. The fraction of sp³-hybridized carbons (Fsp3) is 0.562. The summed E-state index contributed by atoms with van der Waals surface area (Å²) >= 11 is 6.04. The minimum atomic E-state index is -0.173. The van der Waals surface area contributed by atoms with Gasteiger partial charge in [-0.15, -0.1) is 0 Å². The highest BCUT2D eigenvalue weighted by Gasteiger charge is 2.25. The van der Waals surface area contributed by atoms with Crippen molar-refractivity contribution in [1.82, 2.24) is 9.80 Å². The fourth-order valence-electron chi connectivity index (χ4n) is 2.29. The number of halogens is 1. The molecule has 0 aliphatic carbocycles. The van der Waals surface area contributed by atoms with E-state index in [-0.39, 0.29) is 11.9 Å². The highest BCUT2D eigenvalue weighted by Crippen LogP contribution is 2.22. The van der Waals surface area contributed by atoms with Gasteiger partial charge in [-0.25, -0.2) is 0 Å². The third kappa shape index (κ3) is 4.60. The lowest BCUT2D eigenvalue weighted by Gasteiger charge is -2.32. The molecule has 0 N–H and O–H groups in total. The molecule has 1 amide bonds. The molecular formula is C16H23ClN2O3. The predicted octanol–water partition coefficient (Wildman–Crippen LogP) is 1.90. The van der Waals surface area contributed by atoms with Crippen molar-refractivity contribution < 1.29 is 14.3 Å². The van der Waals surface area contributed by atoms with E-state index in [2.05, 4.69) is 0 Å². The van der Waals surface area contributed by atoms with E-state index >= 15 is 0 Å². The number of rotatable bonds is 6. The highest BCUT2D eigenvalue weighted by atomic mass is 35.5. The third-order valence-electron chi connectivity index (χ3n) is 3.88. The van der Waals surface area contributed by atoms with Gasteiger partial charge < -0.3 is 14.4 Å². The zero-order valence-corrected chi connectivity index (χ0v) is 13.9. The molecular weight excluding hydrogens is 304 g/mol. The number of carbonyl (C=O) groups is 1. The van der Waals surface area contributed by atoms with Gasteiger partial charge in [0.2, 0.25) is 5.91 Å². The average molecular weight is 327 g/mol. The van der Waals surface area contributed by atoms with Gasteiger partial charge in [0.1, 0.15) is 12.4 Å². The molecule has 2 rings (SSSR count). The van der Waals surface area contributed by atoms with Crippen molar-refractivity contribution in [3.63, 3.8) is 0 Å². The molecule has 0 bridgehead atoms. The van der Waals surface area contributed by atoms with Crippen LogP contribution in [-0.2, 0) is 9.53 Å². The van der Waals surface area contributed by atoms with Gasteiger partial charge in [0, 0.05) is 19.6 Å². The molecule has 1 aliphatic rings. The van der Waals surface area contributed by atoms with Crippen LogP contribution >= 0.6 is 11.6 Å². The molecule has 6 heteroatoms. The average Bonchev–Trinajstić information content (AvgIpc) is 2.56. The quantitative estimate of drug-likeness (QED) is 0.800. The van der Waals surface area contributed by atoms with Crippen molar-refractivity contribution in [3.8, 4) is 5.75 Å². The van der Waals surface area contributed by atoms with Crippen LogP contribution in [0.5, 0.6) is 5.75 Å². The Labute approximate surface area is 136 Å². The summed E-state index contributed by atoms with van der Waals surface area (Å²) in [5.41, 5.74) is 0. The summed E-state index contributed by atoms with van der Waals surface area (Å²) < 4.78 is 10.9. The SMILES string of the molecule is C[C@@H](C(=O)N1CCOCC1)N(C)CCOc1ccccc1Cl. The Morgan fingerprint density at radius 3 is 2.77 bits per heavy atom. The van der Waals surface area contributed by atoms with Gasteiger partial charge in [-0.2, -0.15) is 0 Å². The minimum absolute atomic E-state index is 0.142. The van der Waals surface area contributed by atoms with Crippen molar-refractivity contribution in [2.24, 2.45) is 0 Å². The first-order valence-corrected chi connectivity index (χ1v) is 7.91. The Morgan fingerprint density at radius 2 is 2.09 bits per heavy atom. The summed E-state index contributed by atoms with van der Waals surface area (Å²) in [7, 11) is 1.93. The molecule has 1 saturated heterocycles. The second kappa shape index (κ2) is 8.36. The molecule has 0 spiro atoms. The maximum atomic E-state index is 12.4. The van der Waals surface area contributed by atoms with Gasteiger partial charge in [-0.1, -0.05) is 23.7 Å². The topological polar surface area (TPSA) is 42.0 Å². The molecule has 0 aromatic heterocycles. The van der Waals surface area contributed by atoms with Crippen LogP contribution in [0.1, 0.15) is 6.92 Å². The van der Waals surface area contributed by atoms with Crippen LogP contribution in [0.3, 0.4) is 0 Å². The zero-order chi connectivity index (χ0) is 15.9. The summed E-state index contributed by atoms with van der Waals surface area (Å²) in [6, 6.07) is 7.21. The Balaban J connectivity index is 1.77. The number of morpholine rings is 1. The van der Waals surface area contributed by atoms with Crippen molar-refractivity contribution in [3.05, 3.63) is 29.3 Å². The Bertz CT molecular complexity index is 492. The highest BCUT2D eigenvalue weighted by molar-refractivity contribution is 6.32. The molecule has 0 radical (unpaired) electrons. The van der Waals surface area contributed by atoms with E-state index in [1.54, 1.807) is 6.07 Å².